The van der Waals surface area contributed by atoms with Crippen molar-refractivity contribution in [3.63, 3.8) is 0 Å². The average molecular weight is 402 g/mol. The number of carbonyl (C=O) groups excluding carboxylic acids is 1. The van der Waals surface area contributed by atoms with Gasteiger partial charge in [-0.05, 0) is 43.4 Å². The number of halogens is 1. The van der Waals surface area contributed by atoms with E-state index in [1.54, 1.807) is 12.1 Å². The number of aromatic nitrogens is 2. The third-order valence-electron chi connectivity index (χ3n) is 3.73. The van der Waals surface area contributed by atoms with Gasteiger partial charge >= 0.3 is 0 Å². The minimum absolute atomic E-state index is 0.275. The lowest BCUT2D eigenvalue weighted by Gasteiger charge is -2.13. The highest BCUT2D eigenvalue weighted by atomic mass is 35.5. The van der Waals surface area contributed by atoms with E-state index in [9.17, 15) is 4.79 Å². The van der Waals surface area contributed by atoms with Crippen LogP contribution in [-0.4, -0.2) is 42.2 Å². The Kier molecular flexibility index (Phi) is 6.05. The summed E-state index contributed by atoms with van der Waals surface area (Å²) in [6.45, 7) is 0.606. The summed E-state index contributed by atoms with van der Waals surface area (Å²) in [6, 6.07) is 10.8. The molecule has 1 radical (unpaired) electrons. The van der Waals surface area contributed by atoms with Crippen LogP contribution < -0.4 is 10.1 Å². The van der Waals surface area contributed by atoms with Crippen molar-refractivity contribution >= 4 is 34.7 Å². The number of thiophene rings is 1. The molecule has 2 aromatic heterocycles. The molecule has 1 amide bonds. The average Bonchev–Trinajstić information content (AvgIpc) is 3.06. The smallest absolute Gasteiger partial charge is 0.258 e. The molecule has 0 spiro atoms. The van der Waals surface area contributed by atoms with Crippen molar-refractivity contribution in [1.29, 1.82) is 0 Å². The topological polar surface area (TPSA) is 67.3 Å². The maximum Gasteiger partial charge on any atom is 0.258 e. The minimum Gasteiger partial charge on any atom is -0.480 e. The summed E-state index contributed by atoms with van der Waals surface area (Å²) >= 11 is 7.40. The van der Waals surface area contributed by atoms with Crippen LogP contribution in [0, 0.1) is 5.38 Å². The molecule has 0 saturated heterocycles. The van der Waals surface area contributed by atoms with Gasteiger partial charge in [-0.1, -0.05) is 23.7 Å². The van der Waals surface area contributed by atoms with E-state index < -0.39 is 0 Å². The number of amides is 1. The van der Waals surface area contributed by atoms with Crippen molar-refractivity contribution < 1.29 is 9.53 Å². The lowest BCUT2D eigenvalue weighted by molar-refractivity contribution is 0.102. The number of ether oxygens (including phenoxy) is 1. The van der Waals surface area contributed by atoms with Crippen LogP contribution in [0.25, 0.3) is 10.4 Å². The van der Waals surface area contributed by atoms with Gasteiger partial charge in [-0.2, -0.15) is 0 Å². The Balaban J connectivity index is 1.91. The predicted octanol–water partition coefficient (Wildman–Crippen LogP) is 3.98. The first-order valence-electron chi connectivity index (χ1n) is 8.11. The number of methoxy groups -OCH3 is 1. The van der Waals surface area contributed by atoms with E-state index in [1.165, 1.54) is 18.4 Å². The first-order valence-corrected chi connectivity index (χ1v) is 9.30. The number of hydrogen-bond donors (Lipinski definition) is 1. The number of nitrogens with one attached hydrogen (secondary N) is 1. The van der Waals surface area contributed by atoms with Gasteiger partial charge in [0.25, 0.3) is 5.91 Å². The number of rotatable bonds is 6. The van der Waals surface area contributed by atoms with Crippen LogP contribution in [0.5, 0.6) is 5.88 Å². The molecule has 1 N–H and O–H groups in total. The number of nitrogens with zero attached hydrogens (tertiary/aromatic N) is 3. The third-order valence-corrected chi connectivity index (χ3v) is 4.97. The molecule has 0 atom stereocenters. The Morgan fingerprint density at radius 1 is 1.22 bits per heavy atom. The Morgan fingerprint density at radius 2 is 1.96 bits per heavy atom. The SMILES string of the molecule is COc1ccc(NC(=O)c2[c]sc(-c3ccc(Cl)cc3)c2CN(C)C)nn1. The van der Waals surface area contributed by atoms with Gasteiger partial charge < -0.3 is 15.0 Å². The van der Waals surface area contributed by atoms with E-state index in [4.69, 9.17) is 16.3 Å². The molecule has 0 aliphatic rings. The normalized spacial score (nSPS) is 10.9. The highest BCUT2D eigenvalue weighted by Crippen LogP contribution is 2.34. The highest BCUT2D eigenvalue weighted by Gasteiger charge is 2.20. The second-order valence-corrected chi connectivity index (χ2v) is 7.30. The van der Waals surface area contributed by atoms with E-state index in [-0.39, 0.29) is 5.91 Å². The summed E-state index contributed by atoms with van der Waals surface area (Å²) in [5.74, 6) is 0.459. The maximum atomic E-state index is 12.8. The molecule has 0 fully saturated rings. The molecular weight excluding hydrogens is 384 g/mol. The molecular formula is C19H18ClN4O2S. The zero-order valence-electron chi connectivity index (χ0n) is 15.1. The van der Waals surface area contributed by atoms with Crippen molar-refractivity contribution in [3.05, 3.63) is 57.9 Å². The molecule has 6 nitrogen and oxygen atoms in total. The van der Waals surface area contributed by atoms with Crippen LogP contribution >= 0.6 is 22.9 Å². The molecule has 3 rings (SSSR count). The van der Waals surface area contributed by atoms with Crippen molar-refractivity contribution in [2.75, 3.05) is 26.5 Å². The summed E-state index contributed by atoms with van der Waals surface area (Å²) in [7, 11) is 5.42. The van der Waals surface area contributed by atoms with Gasteiger partial charge in [-0.3, -0.25) is 4.79 Å². The number of hydrogen-bond acceptors (Lipinski definition) is 6. The Labute approximate surface area is 166 Å². The van der Waals surface area contributed by atoms with Gasteiger partial charge in [0.05, 0.1) is 18.1 Å². The fourth-order valence-corrected chi connectivity index (χ4v) is 3.59. The van der Waals surface area contributed by atoms with Crippen molar-refractivity contribution in [1.82, 2.24) is 15.1 Å². The zero-order valence-corrected chi connectivity index (χ0v) is 16.7. The zero-order chi connectivity index (χ0) is 19.4. The Hall–Kier alpha value is -2.48. The lowest BCUT2D eigenvalue weighted by Crippen LogP contribution is -2.18. The van der Waals surface area contributed by atoms with Gasteiger partial charge in [-0.25, -0.2) is 0 Å². The van der Waals surface area contributed by atoms with Crippen LogP contribution in [0.4, 0.5) is 5.82 Å². The van der Waals surface area contributed by atoms with Crippen LogP contribution in [0.2, 0.25) is 5.02 Å². The highest BCUT2D eigenvalue weighted by molar-refractivity contribution is 7.13. The van der Waals surface area contributed by atoms with Gasteiger partial charge in [0.2, 0.25) is 5.88 Å². The molecule has 0 aliphatic heterocycles. The van der Waals surface area contributed by atoms with Crippen molar-refractivity contribution in [2.24, 2.45) is 0 Å². The summed E-state index contributed by atoms with van der Waals surface area (Å²) < 4.78 is 4.98. The van der Waals surface area contributed by atoms with Crippen LogP contribution in [0.3, 0.4) is 0 Å². The monoisotopic (exact) mass is 401 g/mol. The van der Waals surface area contributed by atoms with Gasteiger partial charge in [-0.15, -0.1) is 21.5 Å². The van der Waals surface area contributed by atoms with Crippen LogP contribution in [0.1, 0.15) is 15.9 Å². The van der Waals surface area contributed by atoms with Crippen LogP contribution in [-0.2, 0) is 6.54 Å². The molecule has 27 heavy (non-hydrogen) atoms. The van der Waals surface area contributed by atoms with E-state index in [1.807, 2.05) is 43.3 Å². The van der Waals surface area contributed by atoms with E-state index in [0.29, 0.717) is 28.8 Å². The summed E-state index contributed by atoms with van der Waals surface area (Å²) in [5, 5.41) is 14.4. The number of anilines is 1. The second kappa shape index (κ2) is 8.47. The van der Waals surface area contributed by atoms with E-state index in [0.717, 1.165) is 16.0 Å². The molecule has 2 heterocycles. The summed E-state index contributed by atoms with van der Waals surface area (Å²) in [6.07, 6.45) is 0. The summed E-state index contributed by atoms with van der Waals surface area (Å²) in [5.41, 5.74) is 2.41. The lowest BCUT2D eigenvalue weighted by atomic mass is 10.0. The number of benzene rings is 1. The Morgan fingerprint density at radius 3 is 2.56 bits per heavy atom. The molecule has 0 unspecified atom stereocenters. The third kappa shape index (κ3) is 4.63. The predicted molar refractivity (Wildman–Crippen MR) is 108 cm³/mol. The standard InChI is InChI=1S/C19H18ClN4O2S/c1-24(2)10-14-15(11-27-18(14)12-4-6-13(20)7-5-12)19(25)21-16-8-9-17(26-3)23-22-16/h4-9H,10H2,1-3H3,(H,21,22,25). The quantitative estimate of drug-likeness (QED) is 0.676. The first-order chi connectivity index (χ1) is 13.0. The fraction of sp³-hybridized carbons (Fsp3) is 0.211. The molecule has 139 valence electrons. The van der Waals surface area contributed by atoms with E-state index in [2.05, 4.69) is 20.9 Å². The molecule has 8 heteroatoms. The van der Waals surface area contributed by atoms with Gasteiger partial charge in [0.15, 0.2) is 5.82 Å². The largest absolute Gasteiger partial charge is 0.480 e. The molecule has 3 aromatic rings. The van der Waals surface area contributed by atoms with Crippen molar-refractivity contribution in [3.8, 4) is 16.3 Å². The molecule has 0 bridgehead atoms. The summed E-state index contributed by atoms with van der Waals surface area (Å²) in [4.78, 5) is 15.8. The molecule has 0 saturated carbocycles. The fourth-order valence-electron chi connectivity index (χ4n) is 2.50. The molecule has 1 aromatic carbocycles. The Bertz CT molecular complexity index is 924. The van der Waals surface area contributed by atoms with Gasteiger partial charge in [0, 0.05) is 22.5 Å². The minimum atomic E-state index is -0.275. The van der Waals surface area contributed by atoms with Crippen molar-refractivity contribution in [2.45, 2.75) is 6.54 Å². The van der Waals surface area contributed by atoms with Gasteiger partial charge in [0.1, 0.15) is 0 Å². The van der Waals surface area contributed by atoms with Crippen LogP contribution in [0.15, 0.2) is 36.4 Å². The maximum absolute atomic E-state index is 12.8. The second-order valence-electron chi connectivity index (χ2n) is 6.05. The van der Waals surface area contributed by atoms with E-state index >= 15 is 0 Å². The number of carbonyl (C=O) groups is 1. The molecule has 0 aliphatic carbocycles. The first kappa shape index (κ1) is 19.3.